The molecular formula is C30H28N2O6. The molecule has 0 aliphatic heterocycles. The lowest BCUT2D eigenvalue weighted by Crippen LogP contribution is -2.18. The molecule has 0 radical (unpaired) electrons. The first-order valence-electron chi connectivity index (χ1n) is 12.0. The largest absolute Gasteiger partial charge is 0.507 e. The summed E-state index contributed by atoms with van der Waals surface area (Å²) in [5.41, 5.74) is 0.610. The molecule has 4 rings (SSSR count). The highest BCUT2D eigenvalue weighted by Gasteiger charge is 2.27. The van der Waals surface area contributed by atoms with Crippen molar-refractivity contribution < 1.29 is 19.0 Å². The van der Waals surface area contributed by atoms with Crippen molar-refractivity contribution in [1.82, 2.24) is 0 Å². The molecule has 0 bridgehead atoms. The van der Waals surface area contributed by atoms with E-state index in [-0.39, 0.29) is 45.6 Å². The van der Waals surface area contributed by atoms with Crippen LogP contribution >= 0.6 is 0 Å². The zero-order chi connectivity index (χ0) is 27.4. The van der Waals surface area contributed by atoms with E-state index >= 15 is 0 Å². The Hall–Kier alpha value is -4.72. The summed E-state index contributed by atoms with van der Waals surface area (Å²) in [4.78, 5) is 35.0. The van der Waals surface area contributed by atoms with E-state index in [1.54, 1.807) is 27.7 Å². The van der Waals surface area contributed by atoms with Gasteiger partial charge in [0.05, 0.1) is 11.4 Å². The van der Waals surface area contributed by atoms with Crippen LogP contribution in [0.2, 0.25) is 0 Å². The van der Waals surface area contributed by atoms with Gasteiger partial charge in [0, 0.05) is 12.1 Å². The van der Waals surface area contributed by atoms with Crippen molar-refractivity contribution in [2.24, 2.45) is 9.98 Å². The zero-order valence-corrected chi connectivity index (χ0v) is 21.5. The van der Waals surface area contributed by atoms with Gasteiger partial charge in [0.1, 0.15) is 46.2 Å². The summed E-state index contributed by atoms with van der Waals surface area (Å²) in [7, 11) is 0. The number of rotatable bonds is 7. The van der Waals surface area contributed by atoms with Crippen LogP contribution in [-0.4, -0.2) is 21.6 Å². The highest BCUT2D eigenvalue weighted by molar-refractivity contribution is 6.01. The average molecular weight is 513 g/mol. The van der Waals surface area contributed by atoms with E-state index in [1.807, 2.05) is 60.7 Å². The third-order valence-corrected chi connectivity index (χ3v) is 6.08. The maximum atomic E-state index is 12.6. The van der Waals surface area contributed by atoms with E-state index < -0.39 is 23.3 Å². The van der Waals surface area contributed by atoms with Crippen molar-refractivity contribution in [2.45, 2.75) is 39.8 Å². The van der Waals surface area contributed by atoms with Gasteiger partial charge >= 0.3 is 11.3 Å². The van der Waals surface area contributed by atoms with E-state index in [0.717, 1.165) is 11.1 Å². The van der Waals surface area contributed by atoms with E-state index in [9.17, 15) is 19.8 Å². The molecule has 0 fully saturated rings. The molecule has 2 N–H and O–H groups in total. The van der Waals surface area contributed by atoms with Gasteiger partial charge in [0.25, 0.3) is 0 Å². The van der Waals surface area contributed by atoms with Crippen molar-refractivity contribution >= 4 is 11.4 Å². The molecule has 2 atom stereocenters. The van der Waals surface area contributed by atoms with Crippen molar-refractivity contribution in [1.29, 1.82) is 0 Å². The lowest BCUT2D eigenvalue weighted by molar-refractivity contribution is 0.431. The monoisotopic (exact) mass is 512 g/mol. The minimum atomic E-state index is -0.700. The Bertz CT molecular complexity index is 1500. The Morgan fingerprint density at radius 2 is 1.00 bits per heavy atom. The highest BCUT2D eigenvalue weighted by atomic mass is 16.4. The van der Waals surface area contributed by atoms with Crippen LogP contribution < -0.4 is 11.3 Å². The number of hydrogen-bond acceptors (Lipinski definition) is 8. The summed E-state index contributed by atoms with van der Waals surface area (Å²) in [6.45, 7) is 6.39. The number of benzene rings is 2. The topological polar surface area (TPSA) is 126 Å². The zero-order valence-electron chi connectivity index (χ0n) is 21.5. The molecular weight excluding hydrogens is 484 g/mol. The third-order valence-electron chi connectivity index (χ3n) is 6.08. The molecule has 194 valence electrons. The normalized spacial score (nSPS) is 13.8. The van der Waals surface area contributed by atoms with Crippen LogP contribution in [0.1, 0.15) is 59.7 Å². The van der Waals surface area contributed by atoms with Crippen LogP contribution in [0, 0.1) is 13.8 Å². The van der Waals surface area contributed by atoms with Crippen LogP contribution in [0.25, 0.3) is 0 Å². The SMILES string of the molecule is CC(=N[C@@H](c1ccccc1)[C@@H](N=C(C)c1c(O)cc(C)oc1=O)c1ccccc1)c1c(O)cc(C)oc1=O. The van der Waals surface area contributed by atoms with Gasteiger partial charge in [-0.25, -0.2) is 9.59 Å². The first-order valence-corrected chi connectivity index (χ1v) is 12.0. The first kappa shape index (κ1) is 26.3. The standard InChI is InChI=1S/C30H28N2O6/c1-17-15-23(33)25(29(35)37-17)19(3)31-27(21-11-7-5-8-12-21)28(22-13-9-6-10-14-22)32-20(4)26-24(34)16-18(2)38-30(26)36/h5-16,27-28,33-34H,1-4H3/t27-,28-/m0/s1. The fraction of sp³-hybridized carbons (Fsp3) is 0.200. The summed E-state index contributed by atoms with van der Waals surface area (Å²) in [6.07, 6.45) is 0. The van der Waals surface area contributed by atoms with Gasteiger partial charge in [0.2, 0.25) is 0 Å². The molecule has 2 aromatic carbocycles. The molecule has 0 unspecified atom stereocenters. The molecule has 38 heavy (non-hydrogen) atoms. The lowest BCUT2D eigenvalue weighted by Gasteiger charge is -2.24. The Morgan fingerprint density at radius 3 is 1.32 bits per heavy atom. The fourth-order valence-corrected chi connectivity index (χ4v) is 4.36. The molecule has 0 aliphatic rings. The summed E-state index contributed by atoms with van der Waals surface area (Å²) < 4.78 is 10.4. The van der Waals surface area contributed by atoms with Gasteiger partial charge in [-0.15, -0.1) is 0 Å². The van der Waals surface area contributed by atoms with Crippen molar-refractivity contribution in [2.75, 3.05) is 0 Å². The van der Waals surface area contributed by atoms with Crippen molar-refractivity contribution in [3.05, 3.63) is 127 Å². The van der Waals surface area contributed by atoms with E-state index in [0.29, 0.717) is 0 Å². The minimum Gasteiger partial charge on any atom is -0.507 e. The Balaban J connectivity index is 1.95. The number of aliphatic imine (C=N–C) groups is 2. The van der Waals surface area contributed by atoms with Crippen LogP contribution in [-0.2, 0) is 0 Å². The molecule has 2 heterocycles. The molecule has 0 saturated carbocycles. The van der Waals surface area contributed by atoms with E-state index in [1.165, 1.54) is 12.1 Å². The lowest BCUT2D eigenvalue weighted by atomic mass is 9.93. The Labute approximate surface area is 219 Å². The predicted molar refractivity (Wildman–Crippen MR) is 146 cm³/mol. The minimum absolute atomic E-state index is 0.0409. The molecule has 8 heteroatoms. The molecule has 0 amide bonds. The summed E-state index contributed by atoms with van der Waals surface area (Å²) >= 11 is 0. The summed E-state index contributed by atoms with van der Waals surface area (Å²) in [5, 5.41) is 21.0. The summed E-state index contributed by atoms with van der Waals surface area (Å²) in [5.74, 6) is 0.0976. The maximum Gasteiger partial charge on any atom is 0.348 e. The van der Waals surface area contributed by atoms with Crippen LogP contribution in [0.4, 0.5) is 0 Å². The summed E-state index contributed by atoms with van der Waals surface area (Å²) in [6, 6.07) is 20.1. The van der Waals surface area contributed by atoms with Crippen molar-refractivity contribution in [3.8, 4) is 11.5 Å². The smallest absolute Gasteiger partial charge is 0.348 e. The van der Waals surface area contributed by atoms with Gasteiger partial charge in [0.15, 0.2) is 0 Å². The second-order valence-corrected chi connectivity index (χ2v) is 8.95. The Morgan fingerprint density at radius 1 is 0.658 bits per heavy atom. The predicted octanol–water partition coefficient (Wildman–Crippen LogP) is 5.42. The second-order valence-electron chi connectivity index (χ2n) is 8.95. The van der Waals surface area contributed by atoms with Gasteiger partial charge in [-0.05, 0) is 38.8 Å². The quantitative estimate of drug-likeness (QED) is 0.318. The molecule has 4 aromatic rings. The number of aromatic hydroxyl groups is 2. The van der Waals surface area contributed by atoms with E-state index in [4.69, 9.17) is 18.8 Å². The number of hydrogen-bond donors (Lipinski definition) is 2. The van der Waals surface area contributed by atoms with Gasteiger partial charge in [-0.1, -0.05) is 60.7 Å². The highest BCUT2D eigenvalue weighted by Crippen LogP contribution is 2.37. The van der Waals surface area contributed by atoms with Crippen LogP contribution in [0.15, 0.2) is 101 Å². The second kappa shape index (κ2) is 11.1. The first-order chi connectivity index (χ1) is 18.2. The maximum absolute atomic E-state index is 12.6. The molecule has 8 nitrogen and oxygen atoms in total. The fourth-order valence-electron chi connectivity index (χ4n) is 4.36. The molecule has 2 aromatic heterocycles. The van der Waals surface area contributed by atoms with Gasteiger partial charge in [-0.2, -0.15) is 0 Å². The van der Waals surface area contributed by atoms with Gasteiger partial charge in [-0.3, -0.25) is 9.98 Å². The van der Waals surface area contributed by atoms with Gasteiger partial charge < -0.3 is 19.0 Å². The molecule has 0 spiro atoms. The molecule has 0 saturated heterocycles. The average Bonchev–Trinajstić information content (AvgIpc) is 2.86. The van der Waals surface area contributed by atoms with Crippen LogP contribution in [0.5, 0.6) is 11.5 Å². The number of nitrogens with zero attached hydrogens (tertiary/aromatic N) is 2. The van der Waals surface area contributed by atoms with E-state index in [2.05, 4.69) is 0 Å². The Kier molecular flexibility index (Phi) is 7.71. The van der Waals surface area contributed by atoms with Crippen LogP contribution in [0.3, 0.4) is 0 Å². The number of aryl methyl sites for hydroxylation is 2. The third kappa shape index (κ3) is 5.64. The molecule has 0 aliphatic carbocycles. The van der Waals surface area contributed by atoms with Crippen molar-refractivity contribution in [3.63, 3.8) is 0 Å².